The van der Waals surface area contributed by atoms with E-state index in [-0.39, 0.29) is 5.69 Å². The van der Waals surface area contributed by atoms with E-state index >= 15 is 0 Å². The Morgan fingerprint density at radius 3 is 2.75 bits per heavy atom. The Labute approximate surface area is 165 Å². The summed E-state index contributed by atoms with van der Waals surface area (Å²) in [5.74, 6) is -0.635. The normalized spacial score (nSPS) is 15.1. The number of thiophene rings is 1. The number of fused-ring (bicyclic) bond motifs is 1. The van der Waals surface area contributed by atoms with Crippen molar-refractivity contribution in [2.75, 3.05) is 33.4 Å². The summed E-state index contributed by atoms with van der Waals surface area (Å²) in [5, 5.41) is 0. The molecule has 28 heavy (non-hydrogen) atoms. The third kappa shape index (κ3) is 3.71. The van der Waals surface area contributed by atoms with Crippen LogP contribution in [-0.4, -0.2) is 49.2 Å². The van der Waals surface area contributed by atoms with Crippen molar-refractivity contribution in [2.24, 2.45) is 5.73 Å². The maximum absolute atomic E-state index is 14.7. The molecule has 4 rings (SSSR count). The summed E-state index contributed by atoms with van der Waals surface area (Å²) in [4.78, 5) is 19.5. The van der Waals surface area contributed by atoms with Gasteiger partial charge in [0.2, 0.25) is 0 Å². The number of carbonyl (C=O) groups is 1. The number of primary amides is 1. The predicted molar refractivity (Wildman–Crippen MR) is 106 cm³/mol. The van der Waals surface area contributed by atoms with E-state index in [2.05, 4.69) is 9.88 Å². The van der Waals surface area contributed by atoms with Crippen molar-refractivity contribution in [2.45, 2.75) is 6.54 Å². The highest BCUT2D eigenvalue weighted by atomic mass is 32.1. The van der Waals surface area contributed by atoms with Crippen LogP contribution in [0.2, 0.25) is 0 Å². The highest BCUT2D eigenvalue weighted by Gasteiger charge is 2.19. The summed E-state index contributed by atoms with van der Waals surface area (Å²) >= 11 is 1.56. The largest absolute Gasteiger partial charge is 0.497 e. The van der Waals surface area contributed by atoms with Crippen molar-refractivity contribution < 1.29 is 18.7 Å². The third-order valence-corrected chi connectivity index (χ3v) is 5.87. The van der Waals surface area contributed by atoms with Crippen LogP contribution >= 0.6 is 11.3 Å². The lowest BCUT2D eigenvalue weighted by Gasteiger charge is -2.25. The second-order valence-corrected chi connectivity index (χ2v) is 7.72. The van der Waals surface area contributed by atoms with Crippen LogP contribution in [0, 0.1) is 5.82 Å². The molecule has 1 aromatic carbocycles. The zero-order valence-corrected chi connectivity index (χ0v) is 16.2. The van der Waals surface area contributed by atoms with E-state index in [0.717, 1.165) is 42.4 Å². The summed E-state index contributed by atoms with van der Waals surface area (Å²) in [6, 6.07) is 8.18. The standard InChI is InChI=1S/C20H20FN3O3S/c1-26-12-2-3-14(16(21)8-12)15-10-18(20(22)25)23-17-9-13(28-19(15)17)11-24-4-6-27-7-5-24/h2-3,8-10H,4-7,11H2,1H3,(H2,22,25). The molecule has 0 spiro atoms. The molecule has 1 aliphatic rings. The van der Waals surface area contributed by atoms with Gasteiger partial charge in [0.1, 0.15) is 17.3 Å². The zero-order valence-electron chi connectivity index (χ0n) is 15.4. The van der Waals surface area contributed by atoms with Gasteiger partial charge >= 0.3 is 0 Å². The minimum absolute atomic E-state index is 0.119. The Kier molecular flexibility index (Phi) is 5.25. The summed E-state index contributed by atoms with van der Waals surface area (Å²) in [5.41, 5.74) is 7.22. The smallest absolute Gasteiger partial charge is 0.267 e. The molecule has 1 saturated heterocycles. The Morgan fingerprint density at radius 1 is 1.29 bits per heavy atom. The molecular weight excluding hydrogens is 381 g/mol. The maximum atomic E-state index is 14.7. The number of pyridine rings is 1. The molecule has 3 aromatic rings. The highest BCUT2D eigenvalue weighted by Crippen LogP contribution is 2.37. The van der Waals surface area contributed by atoms with E-state index in [4.69, 9.17) is 15.2 Å². The van der Waals surface area contributed by atoms with Gasteiger partial charge in [-0.05, 0) is 24.3 Å². The molecule has 8 heteroatoms. The molecule has 1 amide bonds. The minimum atomic E-state index is -0.641. The van der Waals surface area contributed by atoms with Crippen LogP contribution in [0.5, 0.6) is 5.75 Å². The van der Waals surface area contributed by atoms with Crippen molar-refractivity contribution >= 4 is 27.5 Å². The van der Waals surface area contributed by atoms with Gasteiger partial charge in [-0.3, -0.25) is 9.69 Å². The molecular formula is C20H20FN3O3S. The predicted octanol–water partition coefficient (Wildman–Crippen LogP) is 3.04. The fourth-order valence-electron chi connectivity index (χ4n) is 3.30. The average molecular weight is 401 g/mol. The van der Waals surface area contributed by atoms with Crippen molar-refractivity contribution in [1.82, 2.24) is 9.88 Å². The van der Waals surface area contributed by atoms with Gasteiger partial charge in [-0.25, -0.2) is 9.37 Å². The van der Waals surface area contributed by atoms with Crippen molar-refractivity contribution in [3.05, 3.63) is 46.7 Å². The first kappa shape index (κ1) is 18.8. The molecule has 2 aromatic heterocycles. The van der Waals surface area contributed by atoms with Crippen molar-refractivity contribution in [3.63, 3.8) is 0 Å². The van der Waals surface area contributed by atoms with Gasteiger partial charge in [0, 0.05) is 41.7 Å². The fraction of sp³-hybridized carbons (Fsp3) is 0.300. The first-order valence-corrected chi connectivity index (χ1v) is 9.74. The Bertz CT molecular complexity index is 1030. The first-order valence-electron chi connectivity index (χ1n) is 8.92. The minimum Gasteiger partial charge on any atom is -0.497 e. The fourth-order valence-corrected chi connectivity index (χ4v) is 4.46. The van der Waals surface area contributed by atoms with Gasteiger partial charge in [-0.15, -0.1) is 11.3 Å². The van der Waals surface area contributed by atoms with E-state index in [1.807, 2.05) is 6.07 Å². The number of rotatable bonds is 5. The Balaban J connectivity index is 1.80. The lowest BCUT2D eigenvalue weighted by Crippen LogP contribution is -2.35. The van der Waals surface area contributed by atoms with Crippen LogP contribution in [0.1, 0.15) is 15.4 Å². The second kappa shape index (κ2) is 7.83. The number of aromatic nitrogens is 1. The van der Waals surface area contributed by atoms with Crippen LogP contribution in [0.15, 0.2) is 30.3 Å². The number of amides is 1. The van der Waals surface area contributed by atoms with Crippen LogP contribution in [0.3, 0.4) is 0 Å². The lowest BCUT2D eigenvalue weighted by molar-refractivity contribution is 0.0346. The molecule has 1 fully saturated rings. The zero-order chi connectivity index (χ0) is 19.7. The number of nitrogens with two attached hydrogens (primary N) is 1. The molecule has 3 heterocycles. The molecule has 6 nitrogen and oxygen atoms in total. The van der Waals surface area contributed by atoms with E-state index in [1.54, 1.807) is 29.5 Å². The van der Waals surface area contributed by atoms with E-state index in [9.17, 15) is 9.18 Å². The van der Waals surface area contributed by atoms with Crippen LogP contribution in [-0.2, 0) is 11.3 Å². The number of benzene rings is 1. The molecule has 146 valence electrons. The number of halogens is 1. The molecule has 0 atom stereocenters. The average Bonchev–Trinajstić information content (AvgIpc) is 3.10. The number of methoxy groups -OCH3 is 1. The summed E-state index contributed by atoms with van der Waals surface area (Å²) < 4.78 is 26.0. The van der Waals surface area contributed by atoms with Gasteiger partial charge in [-0.1, -0.05) is 0 Å². The first-order chi connectivity index (χ1) is 13.5. The van der Waals surface area contributed by atoms with Gasteiger partial charge < -0.3 is 15.2 Å². The summed E-state index contributed by atoms with van der Waals surface area (Å²) in [6.07, 6.45) is 0. The van der Waals surface area contributed by atoms with Crippen LogP contribution < -0.4 is 10.5 Å². The molecule has 2 N–H and O–H groups in total. The summed E-state index contributed by atoms with van der Waals surface area (Å²) in [6.45, 7) is 3.94. The SMILES string of the molecule is COc1ccc(-c2cc(C(N)=O)nc3cc(CN4CCOCC4)sc23)c(F)c1. The number of hydrogen-bond donors (Lipinski definition) is 1. The van der Waals surface area contributed by atoms with Gasteiger partial charge in [0.15, 0.2) is 0 Å². The number of morpholine rings is 1. The van der Waals surface area contributed by atoms with E-state index in [0.29, 0.717) is 22.4 Å². The highest BCUT2D eigenvalue weighted by molar-refractivity contribution is 7.19. The third-order valence-electron chi connectivity index (χ3n) is 4.73. The molecule has 0 unspecified atom stereocenters. The molecule has 0 aliphatic carbocycles. The molecule has 0 saturated carbocycles. The lowest BCUT2D eigenvalue weighted by atomic mass is 10.0. The maximum Gasteiger partial charge on any atom is 0.267 e. The quantitative estimate of drug-likeness (QED) is 0.711. The van der Waals surface area contributed by atoms with Gasteiger partial charge in [-0.2, -0.15) is 0 Å². The second-order valence-electron chi connectivity index (χ2n) is 6.58. The van der Waals surface area contributed by atoms with E-state index < -0.39 is 11.7 Å². The topological polar surface area (TPSA) is 77.7 Å². The molecule has 1 aliphatic heterocycles. The summed E-state index contributed by atoms with van der Waals surface area (Å²) in [7, 11) is 1.49. The number of ether oxygens (including phenoxy) is 2. The van der Waals surface area contributed by atoms with Gasteiger partial charge in [0.25, 0.3) is 5.91 Å². The van der Waals surface area contributed by atoms with Crippen molar-refractivity contribution in [1.29, 1.82) is 0 Å². The number of hydrogen-bond acceptors (Lipinski definition) is 6. The Hall–Kier alpha value is -2.55. The van der Waals surface area contributed by atoms with Crippen LogP contribution in [0.4, 0.5) is 4.39 Å². The van der Waals surface area contributed by atoms with Crippen molar-refractivity contribution in [3.8, 4) is 16.9 Å². The van der Waals surface area contributed by atoms with E-state index in [1.165, 1.54) is 13.2 Å². The van der Waals surface area contributed by atoms with Gasteiger partial charge in [0.05, 0.1) is 30.5 Å². The monoisotopic (exact) mass is 401 g/mol. The Morgan fingerprint density at radius 2 is 2.07 bits per heavy atom. The molecule has 0 bridgehead atoms. The number of nitrogens with zero attached hydrogens (tertiary/aromatic N) is 2. The number of carbonyl (C=O) groups excluding carboxylic acids is 1. The molecule has 0 radical (unpaired) electrons. The van der Waals surface area contributed by atoms with Crippen LogP contribution in [0.25, 0.3) is 21.3 Å².